The first-order chi connectivity index (χ1) is 9.33. The molecule has 3 rings (SSSR count). The van der Waals surface area contributed by atoms with Crippen molar-refractivity contribution in [3.8, 4) is 0 Å². The minimum atomic E-state index is 0.0464. The number of ether oxygens (including phenoxy) is 1. The normalized spacial score (nSPS) is 23.9. The van der Waals surface area contributed by atoms with Gasteiger partial charge in [-0.1, -0.05) is 32.0 Å². The van der Waals surface area contributed by atoms with Crippen molar-refractivity contribution in [1.29, 1.82) is 0 Å². The van der Waals surface area contributed by atoms with Crippen LogP contribution in [-0.2, 0) is 11.2 Å². The molecule has 1 aliphatic heterocycles. The van der Waals surface area contributed by atoms with E-state index in [1.807, 2.05) is 12.1 Å². The van der Waals surface area contributed by atoms with Crippen LogP contribution in [0.15, 0.2) is 28.7 Å². The molecule has 1 aromatic heterocycles. The molecule has 2 unspecified atom stereocenters. The van der Waals surface area contributed by atoms with Gasteiger partial charge in [0.25, 0.3) is 0 Å². The van der Waals surface area contributed by atoms with E-state index in [1.54, 1.807) is 0 Å². The molecule has 19 heavy (non-hydrogen) atoms. The van der Waals surface area contributed by atoms with E-state index in [0.29, 0.717) is 6.04 Å². The molecule has 0 spiro atoms. The SMILES string of the molecule is CCc1c(C2CNC(CC)CO2)oc2ccccc12. The predicted molar refractivity (Wildman–Crippen MR) is 76.4 cm³/mol. The van der Waals surface area contributed by atoms with Crippen LogP contribution < -0.4 is 5.32 Å². The van der Waals surface area contributed by atoms with Crippen LogP contribution in [0, 0.1) is 0 Å². The Morgan fingerprint density at radius 1 is 1.26 bits per heavy atom. The molecule has 1 fully saturated rings. The summed E-state index contributed by atoms with van der Waals surface area (Å²) in [6.07, 6.45) is 2.13. The lowest BCUT2D eigenvalue weighted by Crippen LogP contribution is -2.42. The second kappa shape index (κ2) is 5.35. The zero-order valence-corrected chi connectivity index (χ0v) is 11.6. The number of para-hydroxylation sites is 1. The monoisotopic (exact) mass is 259 g/mol. The number of morpholine rings is 1. The average molecular weight is 259 g/mol. The van der Waals surface area contributed by atoms with E-state index in [0.717, 1.165) is 37.3 Å². The largest absolute Gasteiger partial charge is 0.458 e. The number of aryl methyl sites for hydroxylation is 1. The molecular formula is C16H21NO2. The maximum Gasteiger partial charge on any atom is 0.138 e. The number of nitrogens with one attached hydrogen (secondary N) is 1. The zero-order chi connectivity index (χ0) is 13.2. The Hall–Kier alpha value is -1.32. The summed E-state index contributed by atoms with van der Waals surface area (Å²) in [6, 6.07) is 8.72. The van der Waals surface area contributed by atoms with Crippen molar-refractivity contribution in [2.75, 3.05) is 13.2 Å². The summed E-state index contributed by atoms with van der Waals surface area (Å²) in [5.74, 6) is 1.01. The third kappa shape index (κ3) is 2.28. The van der Waals surface area contributed by atoms with E-state index >= 15 is 0 Å². The molecule has 0 amide bonds. The Morgan fingerprint density at radius 2 is 2.11 bits per heavy atom. The van der Waals surface area contributed by atoms with Gasteiger partial charge in [-0.3, -0.25) is 0 Å². The van der Waals surface area contributed by atoms with Crippen LogP contribution in [0.2, 0.25) is 0 Å². The standard InChI is InChI=1S/C16H21NO2/c1-3-11-10-18-15(9-17-11)16-12(4-2)13-7-5-6-8-14(13)19-16/h5-8,11,15,17H,3-4,9-10H2,1-2H3. The van der Waals surface area contributed by atoms with Crippen LogP contribution in [0.25, 0.3) is 11.0 Å². The van der Waals surface area contributed by atoms with Crippen molar-refractivity contribution in [2.45, 2.75) is 38.8 Å². The van der Waals surface area contributed by atoms with Crippen molar-refractivity contribution < 1.29 is 9.15 Å². The fourth-order valence-corrected chi connectivity index (χ4v) is 2.80. The van der Waals surface area contributed by atoms with Crippen molar-refractivity contribution in [3.63, 3.8) is 0 Å². The van der Waals surface area contributed by atoms with E-state index in [1.165, 1.54) is 10.9 Å². The van der Waals surface area contributed by atoms with Gasteiger partial charge in [0.2, 0.25) is 0 Å². The Morgan fingerprint density at radius 3 is 2.79 bits per heavy atom. The molecule has 1 saturated heterocycles. The fourth-order valence-electron chi connectivity index (χ4n) is 2.80. The van der Waals surface area contributed by atoms with Crippen LogP contribution in [0.3, 0.4) is 0 Å². The number of benzene rings is 1. The number of rotatable bonds is 3. The van der Waals surface area contributed by atoms with Crippen LogP contribution in [0.1, 0.15) is 37.7 Å². The molecular weight excluding hydrogens is 238 g/mol. The van der Waals surface area contributed by atoms with Gasteiger partial charge >= 0.3 is 0 Å². The van der Waals surface area contributed by atoms with Crippen molar-refractivity contribution in [2.24, 2.45) is 0 Å². The molecule has 1 aliphatic rings. The van der Waals surface area contributed by atoms with E-state index in [2.05, 4.69) is 31.3 Å². The maximum absolute atomic E-state index is 6.03. The molecule has 0 aliphatic carbocycles. The molecule has 2 heterocycles. The van der Waals surface area contributed by atoms with Crippen molar-refractivity contribution in [3.05, 3.63) is 35.6 Å². The first-order valence-electron chi connectivity index (χ1n) is 7.18. The molecule has 0 bridgehead atoms. The Balaban J connectivity index is 1.92. The van der Waals surface area contributed by atoms with Gasteiger partial charge in [-0.2, -0.15) is 0 Å². The minimum Gasteiger partial charge on any atom is -0.458 e. The highest BCUT2D eigenvalue weighted by molar-refractivity contribution is 5.82. The van der Waals surface area contributed by atoms with Crippen LogP contribution in [0.4, 0.5) is 0 Å². The van der Waals surface area contributed by atoms with Crippen molar-refractivity contribution >= 4 is 11.0 Å². The van der Waals surface area contributed by atoms with Gasteiger partial charge in [0.1, 0.15) is 17.4 Å². The van der Waals surface area contributed by atoms with Crippen LogP contribution in [0.5, 0.6) is 0 Å². The van der Waals surface area contributed by atoms with Gasteiger partial charge in [0.05, 0.1) is 6.61 Å². The minimum absolute atomic E-state index is 0.0464. The molecule has 1 aromatic carbocycles. The molecule has 3 heteroatoms. The third-order valence-electron chi connectivity index (χ3n) is 3.96. The first kappa shape index (κ1) is 12.7. The van der Waals surface area contributed by atoms with E-state index in [9.17, 15) is 0 Å². The number of hydrogen-bond donors (Lipinski definition) is 1. The lowest BCUT2D eigenvalue weighted by Gasteiger charge is -2.29. The Bertz CT molecular complexity index is 553. The van der Waals surface area contributed by atoms with Crippen LogP contribution >= 0.6 is 0 Å². The lowest BCUT2D eigenvalue weighted by atomic mass is 10.0. The quantitative estimate of drug-likeness (QED) is 0.917. The smallest absolute Gasteiger partial charge is 0.138 e. The summed E-state index contributed by atoms with van der Waals surface area (Å²) in [6.45, 7) is 5.96. The van der Waals surface area contributed by atoms with Gasteiger partial charge in [-0.25, -0.2) is 0 Å². The highest BCUT2D eigenvalue weighted by Gasteiger charge is 2.27. The molecule has 0 saturated carbocycles. The molecule has 2 atom stereocenters. The topological polar surface area (TPSA) is 34.4 Å². The highest BCUT2D eigenvalue weighted by Crippen LogP contribution is 2.33. The van der Waals surface area contributed by atoms with Gasteiger partial charge in [0, 0.05) is 23.5 Å². The summed E-state index contributed by atoms with van der Waals surface area (Å²) >= 11 is 0. The fraction of sp³-hybridized carbons (Fsp3) is 0.500. The van der Waals surface area contributed by atoms with Gasteiger partial charge in [-0.15, -0.1) is 0 Å². The first-order valence-corrected chi connectivity index (χ1v) is 7.18. The van der Waals surface area contributed by atoms with Gasteiger partial charge < -0.3 is 14.5 Å². The maximum atomic E-state index is 6.03. The molecule has 2 aromatic rings. The molecule has 0 radical (unpaired) electrons. The number of fused-ring (bicyclic) bond motifs is 1. The second-order valence-electron chi connectivity index (χ2n) is 5.13. The summed E-state index contributed by atoms with van der Waals surface area (Å²) in [4.78, 5) is 0. The van der Waals surface area contributed by atoms with E-state index in [-0.39, 0.29) is 6.10 Å². The van der Waals surface area contributed by atoms with E-state index < -0.39 is 0 Å². The summed E-state index contributed by atoms with van der Waals surface area (Å²) in [5, 5.41) is 4.75. The molecule has 102 valence electrons. The second-order valence-corrected chi connectivity index (χ2v) is 5.13. The van der Waals surface area contributed by atoms with Crippen molar-refractivity contribution in [1.82, 2.24) is 5.32 Å². The molecule has 3 nitrogen and oxygen atoms in total. The summed E-state index contributed by atoms with van der Waals surface area (Å²) < 4.78 is 12.0. The lowest BCUT2D eigenvalue weighted by molar-refractivity contribution is -0.00914. The zero-order valence-electron chi connectivity index (χ0n) is 11.6. The summed E-state index contributed by atoms with van der Waals surface area (Å²) in [5.41, 5.74) is 2.26. The number of furan rings is 1. The third-order valence-corrected chi connectivity index (χ3v) is 3.96. The highest BCUT2D eigenvalue weighted by atomic mass is 16.5. The number of hydrogen-bond acceptors (Lipinski definition) is 3. The van der Waals surface area contributed by atoms with Crippen LogP contribution in [-0.4, -0.2) is 19.2 Å². The predicted octanol–water partition coefficient (Wildman–Crippen LogP) is 3.43. The Labute approximate surface area is 113 Å². The Kier molecular flexibility index (Phi) is 3.58. The summed E-state index contributed by atoms with van der Waals surface area (Å²) in [7, 11) is 0. The van der Waals surface area contributed by atoms with Gasteiger partial charge in [-0.05, 0) is 18.9 Å². The van der Waals surface area contributed by atoms with E-state index in [4.69, 9.17) is 9.15 Å². The molecule has 1 N–H and O–H groups in total. The average Bonchev–Trinajstić information content (AvgIpc) is 2.85. The van der Waals surface area contributed by atoms with Gasteiger partial charge in [0.15, 0.2) is 0 Å².